The maximum absolute atomic E-state index is 5.38. The molecule has 1 unspecified atom stereocenters. The molecule has 0 saturated heterocycles. The summed E-state index contributed by atoms with van der Waals surface area (Å²) < 4.78 is 0. The molecule has 0 aliphatic rings. The van der Waals surface area contributed by atoms with E-state index in [2.05, 4.69) is 25.9 Å². The molecular formula is C5H12N6. The molecule has 0 amide bonds. The zero-order valence-corrected chi connectivity index (χ0v) is 6.41. The van der Waals surface area contributed by atoms with Crippen LogP contribution in [0.2, 0.25) is 0 Å². The summed E-state index contributed by atoms with van der Waals surface area (Å²) in [7, 11) is 0. The highest BCUT2D eigenvalue weighted by atomic mass is 15.5. The summed E-state index contributed by atoms with van der Waals surface area (Å²) in [5.74, 6) is 0.658. The highest BCUT2D eigenvalue weighted by molar-refractivity contribution is 4.75. The van der Waals surface area contributed by atoms with Gasteiger partial charge in [0.25, 0.3) is 0 Å². The number of nitrogens with one attached hydrogen (secondary N) is 2. The highest BCUT2D eigenvalue weighted by Gasteiger charge is 2.00. The van der Waals surface area contributed by atoms with E-state index >= 15 is 0 Å². The molecule has 11 heavy (non-hydrogen) atoms. The smallest absolute Gasteiger partial charge is 0.188 e. The minimum Gasteiger partial charge on any atom is -0.329 e. The Bertz CT molecular complexity index is 183. The molecule has 0 radical (unpaired) electrons. The van der Waals surface area contributed by atoms with Gasteiger partial charge in [0.2, 0.25) is 0 Å². The first-order chi connectivity index (χ1) is 5.33. The van der Waals surface area contributed by atoms with Crippen molar-refractivity contribution in [1.82, 2.24) is 25.9 Å². The van der Waals surface area contributed by atoms with Crippen LogP contribution >= 0.6 is 0 Å². The van der Waals surface area contributed by atoms with Gasteiger partial charge >= 0.3 is 0 Å². The number of rotatable bonds is 4. The quantitative estimate of drug-likeness (QED) is 0.500. The molecule has 4 N–H and O–H groups in total. The van der Waals surface area contributed by atoms with Crippen molar-refractivity contribution in [3.05, 3.63) is 5.82 Å². The fraction of sp³-hybridized carbons (Fsp3) is 0.800. The summed E-state index contributed by atoms with van der Waals surface area (Å²) in [6.07, 6.45) is 0. The van der Waals surface area contributed by atoms with Gasteiger partial charge in [-0.15, -0.1) is 10.2 Å². The predicted octanol–water partition coefficient (Wildman–Crippen LogP) is -1.36. The number of nitrogens with zero attached hydrogens (tertiary/aromatic N) is 3. The average Bonchev–Trinajstić information content (AvgIpc) is 2.52. The number of tetrazole rings is 1. The van der Waals surface area contributed by atoms with E-state index in [1.807, 2.05) is 6.92 Å². The van der Waals surface area contributed by atoms with Gasteiger partial charge in [0, 0.05) is 12.6 Å². The van der Waals surface area contributed by atoms with E-state index in [4.69, 9.17) is 5.73 Å². The summed E-state index contributed by atoms with van der Waals surface area (Å²) >= 11 is 0. The summed E-state index contributed by atoms with van der Waals surface area (Å²) in [5, 5.41) is 16.5. The lowest BCUT2D eigenvalue weighted by Crippen LogP contribution is -2.32. The SMILES string of the molecule is CC(CN)NCc1nn[nH]n1. The molecular weight excluding hydrogens is 144 g/mol. The Morgan fingerprint density at radius 3 is 3.09 bits per heavy atom. The predicted molar refractivity (Wildman–Crippen MR) is 39.5 cm³/mol. The van der Waals surface area contributed by atoms with Crippen LogP contribution in [0.25, 0.3) is 0 Å². The third-order valence-corrected chi connectivity index (χ3v) is 1.35. The first-order valence-corrected chi connectivity index (χ1v) is 3.48. The Balaban J connectivity index is 2.23. The van der Waals surface area contributed by atoms with Crippen LogP contribution in [-0.4, -0.2) is 33.2 Å². The highest BCUT2D eigenvalue weighted by Crippen LogP contribution is 1.83. The second-order valence-electron chi connectivity index (χ2n) is 2.35. The van der Waals surface area contributed by atoms with Crippen LogP contribution in [0, 0.1) is 0 Å². The lowest BCUT2D eigenvalue weighted by Gasteiger charge is -2.07. The van der Waals surface area contributed by atoms with Crippen LogP contribution in [0.5, 0.6) is 0 Å². The van der Waals surface area contributed by atoms with E-state index in [9.17, 15) is 0 Å². The van der Waals surface area contributed by atoms with Gasteiger partial charge in [0.1, 0.15) is 0 Å². The number of aromatic nitrogens is 4. The van der Waals surface area contributed by atoms with Gasteiger partial charge in [-0.1, -0.05) is 5.21 Å². The van der Waals surface area contributed by atoms with Gasteiger partial charge in [0.05, 0.1) is 6.54 Å². The van der Waals surface area contributed by atoms with Crippen LogP contribution in [-0.2, 0) is 6.54 Å². The van der Waals surface area contributed by atoms with E-state index in [1.165, 1.54) is 0 Å². The van der Waals surface area contributed by atoms with E-state index in [0.717, 1.165) is 0 Å². The molecule has 0 spiro atoms. The zero-order chi connectivity index (χ0) is 8.10. The summed E-state index contributed by atoms with van der Waals surface area (Å²) in [6, 6.07) is 0.286. The van der Waals surface area contributed by atoms with E-state index in [1.54, 1.807) is 0 Å². The fourth-order valence-electron chi connectivity index (χ4n) is 0.606. The van der Waals surface area contributed by atoms with Gasteiger partial charge in [-0.2, -0.15) is 5.21 Å². The number of hydrogen-bond acceptors (Lipinski definition) is 5. The zero-order valence-electron chi connectivity index (χ0n) is 6.41. The van der Waals surface area contributed by atoms with Gasteiger partial charge < -0.3 is 11.1 Å². The molecule has 62 valence electrons. The van der Waals surface area contributed by atoms with Gasteiger partial charge in [-0.3, -0.25) is 0 Å². The number of hydrogen-bond donors (Lipinski definition) is 3. The van der Waals surface area contributed by atoms with E-state index in [0.29, 0.717) is 18.9 Å². The van der Waals surface area contributed by atoms with Crippen molar-refractivity contribution in [2.24, 2.45) is 5.73 Å². The van der Waals surface area contributed by atoms with E-state index in [-0.39, 0.29) is 6.04 Å². The number of H-pyrrole nitrogens is 1. The maximum atomic E-state index is 5.38. The first kappa shape index (κ1) is 8.09. The van der Waals surface area contributed by atoms with Crippen LogP contribution < -0.4 is 11.1 Å². The van der Waals surface area contributed by atoms with Crippen LogP contribution in [0.1, 0.15) is 12.7 Å². The summed E-state index contributed by atoms with van der Waals surface area (Å²) in [6.45, 7) is 3.22. The Morgan fingerprint density at radius 1 is 1.73 bits per heavy atom. The summed E-state index contributed by atoms with van der Waals surface area (Å²) in [4.78, 5) is 0. The monoisotopic (exact) mass is 156 g/mol. The number of aromatic amines is 1. The van der Waals surface area contributed by atoms with Gasteiger partial charge in [0.15, 0.2) is 5.82 Å². The molecule has 1 rings (SSSR count). The minimum atomic E-state index is 0.286. The Kier molecular flexibility index (Phi) is 2.94. The fourth-order valence-corrected chi connectivity index (χ4v) is 0.606. The van der Waals surface area contributed by atoms with Crippen LogP contribution in [0.15, 0.2) is 0 Å². The third-order valence-electron chi connectivity index (χ3n) is 1.35. The second kappa shape index (κ2) is 3.99. The molecule has 0 aromatic carbocycles. The maximum Gasteiger partial charge on any atom is 0.188 e. The molecule has 1 aromatic rings. The molecule has 0 fully saturated rings. The Hall–Kier alpha value is -1.01. The average molecular weight is 156 g/mol. The second-order valence-corrected chi connectivity index (χ2v) is 2.35. The lowest BCUT2D eigenvalue weighted by molar-refractivity contribution is 0.544. The molecule has 0 aliphatic carbocycles. The molecule has 6 nitrogen and oxygen atoms in total. The van der Waals surface area contributed by atoms with Gasteiger partial charge in [-0.05, 0) is 6.92 Å². The molecule has 0 bridgehead atoms. The Labute approximate surface area is 64.6 Å². The first-order valence-electron chi connectivity index (χ1n) is 3.48. The topological polar surface area (TPSA) is 92.5 Å². The number of nitrogens with two attached hydrogens (primary N) is 1. The van der Waals surface area contributed by atoms with Crippen molar-refractivity contribution >= 4 is 0 Å². The van der Waals surface area contributed by atoms with Crippen molar-refractivity contribution in [2.75, 3.05) is 6.54 Å². The van der Waals surface area contributed by atoms with Crippen LogP contribution in [0.3, 0.4) is 0 Å². The summed E-state index contributed by atoms with van der Waals surface area (Å²) in [5.41, 5.74) is 5.38. The van der Waals surface area contributed by atoms with Crippen molar-refractivity contribution < 1.29 is 0 Å². The van der Waals surface area contributed by atoms with Crippen LogP contribution in [0.4, 0.5) is 0 Å². The van der Waals surface area contributed by atoms with Gasteiger partial charge in [-0.25, -0.2) is 0 Å². The normalized spacial score (nSPS) is 13.3. The standard InChI is InChI=1S/C5H12N6/c1-4(2-6)7-3-5-8-10-11-9-5/h4,7H,2-3,6H2,1H3,(H,8,9,10,11). The molecule has 0 aliphatic heterocycles. The third kappa shape index (κ3) is 2.60. The largest absolute Gasteiger partial charge is 0.329 e. The molecule has 0 saturated carbocycles. The molecule has 6 heteroatoms. The molecule has 1 heterocycles. The van der Waals surface area contributed by atoms with Crippen molar-refractivity contribution in [2.45, 2.75) is 19.5 Å². The van der Waals surface area contributed by atoms with Crippen molar-refractivity contribution in [1.29, 1.82) is 0 Å². The molecule has 1 atom stereocenters. The van der Waals surface area contributed by atoms with E-state index < -0.39 is 0 Å². The van der Waals surface area contributed by atoms with Crippen molar-refractivity contribution in [3.8, 4) is 0 Å². The minimum absolute atomic E-state index is 0.286. The molecule has 1 aromatic heterocycles. The lowest BCUT2D eigenvalue weighted by atomic mass is 10.3. The Morgan fingerprint density at radius 2 is 2.55 bits per heavy atom. The van der Waals surface area contributed by atoms with Crippen molar-refractivity contribution in [3.63, 3.8) is 0 Å².